The molecule has 10 heteroatoms. The topological polar surface area (TPSA) is 96.0 Å². The third kappa shape index (κ3) is 7.44. The highest BCUT2D eigenvalue weighted by Crippen LogP contribution is 2.29. The molecule has 0 fully saturated rings. The molecule has 0 radical (unpaired) electrons. The molecule has 0 heterocycles. The van der Waals surface area contributed by atoms with E-state index in [1.165, 1.54) is 42.3 Å². The van der Waals surface area contributed by atoms with Crippen molar-refractivity contribution in [3.05, 3.63) is 59.9 Å². The fraction of sp³-hybridized carbons (Fsp3) is 0.417. The van der Waals surface area contributed by atoms with Gasteiger partial charge in [-0.2, -0.15) is 0 Å². The summed E-state index contributed by atoms with van der Waals surface area (Å²) in [6.45, 7) is 5.36. The van der Waals surface area contributed by atoms with Gasteiger partial charge in [0.05, 0.1) is 19.1 Å². The van der Waals surface area contributed by atoms with Crippen molar-refractivity contribution in [2.45, 2.75) is 33.4 Å². The molecular weight excluding hydrogens is 461 g/mol. The molecule has 2 rings (SSSR count). The van der Waals surface area contributed by atoms with Crippen LogP contribution in [0.1, 0.15) is 26.3 Å². The van der Waals surface area contributed by atoms with Crippen molar-refractivity contribution >= 4 is 27.5 Å². The summed E-state index contributed by atoms with van der Waals surface area (Å²) in [4.78, 5) is 27.5. The average Bonchev–Trinajstić information content (AvgIpc) is 2.79. The summed E-state index contributed by atoms with van der Waals surface area (Å²) in [5, 5.41) is 2.80. The molecule has 186 valence electrons. The lowest BCUT2D eigenvalue weighted by molar-refractivity contribution is -0.139. The predicted octanol–water partition coefficient (Wildman–Crippen LogP) is 2.79. The maximum atomic E-state index is 13.5. The van der Waals surface area contributed by atoms with E-state index in [1.807, 2.05) is 13.8 Å². The number of carbonyl (C=O) groups is 2. The van der Waals surface area contributed by atoms with Crippen LogP contribution in [0, 0.1) is 11.7 Å². The van der Waals surface area contributed by atoms with Crippen LogP contribution in [0.5, 0.6) is 5.75 Å². The van der Waals surface area contributed by atoms with Crippen molar-refractivity contribution in [1.82, 2.24) is 10.2 Å². The first-order valence-electron chi connectivity index (χ1n) is 10.9. The van der Waals surface area contributed by atoms with Crippen LogP contribution in [-0.4, -0.2) is 57.6 Å². The highest BCUT2D eigenvalue weighted by atomic mass is 32.2. The minimum Gasteiger partial charge on any atom is -0.495 e. The van der Waals surface area contributed by atoms with Crippen LogP contribution in [0.2, 0.25) is 0 Å². The Hall–Kier alpha value is -3.14. The number of para-hydroxylation sites is 2. The van der Waals surface area contributed by atoms with E-state index in [0.29, 0.717) is 12.1 Å². The molecule has 8 nitrogen and oxygen atoms in total. The predicted molar refractivity (Wildman–Crippen MR) is 129 cm³/mol. The van der Waals surface area contributed by atoms with Crippen molar-refractivity contribution < 1.29 is 27.1 Å². The summed E-state index contributed by atoms with van der Waals surface area (Å²) < 4.78 is 44.8. The molecule has 2 amide bonds. The number of hydrogen-bond donors (Lipinski definition) is 1. The summed E-state index contributed by atoms with van der Waals surface area (Å²) >= 11 is 0. The lowest BCUT2D eigenvalue weighted by Crippen LogP contribution is -2.51. The Bertz CT molecular complexity index is 1090. The van der Waals surface area contributed by atoms with Gasteiger partial charge in [0.25, 0.3) is 0 Å². The molecule has 0 aliphatic heterocycles. The van der Waals surface area contributed by atoms with Gasteiger partial charge in [-0.15, -0.1) is 0 Å². The number of amides is 2. The minimum absolute atomic E-state index is 0.00109. The summed E-state index contributed by atoms with van der Waals surface area (Å²) in [5.74, 6) is -0.888. The van der Waals surface area contributed by atoms with Gasteiger partial charge in [-0.05, 0) is 42.7 Å². The molecular formula is C24H32FN3O5S. The Morgan fingerprint density at radius 3 is 2.24 bits per heavy atom. The van der Waals surface area contributed by atoms with Crippen molar-refractivity contribution in [1.29, 1.82) is 0 Å². The molecule has 0 saturated heterocycles. The second kappa shape index (κ2) is 11.8. The lowest BCUT2D eigenvalue weighted by Gasteiger charge is -2.32. The van der Waals surface area contributed by atoms with Gasteiger partial charge in [-0.25, -0.2) is 12.8 Å². The number of benzene rings is 2. The Labute approximate surface area is 200 Å². The minimum atomic E-state index is -3.87. The monoisotopic (exact) mass is 493 g/mol. The zero-order chi connectivity index (χ0) is 25.5. The van der Waals surface area contributed by atoms with E-state index in [4.69, 9.17) is 4.74 Å². The van der Waals surface area contributed by atoms with Crippen molar-refractivity contribution in [2.75, 3.05) is 30.8 Å². The van der Waals surface area contributed by atoms with Gasteiger partial charge in [0.2, 0.25) is 21.8 Å². The number of hydrogen-bond acceptors (Lipinski definition) is 5. The number of methoxy groups -OCH3 is 1. The number of sulfonamides is 1. The lowest BCUT2D eigenvalue weighted by atomic mass is 10.1. The molecule has 1 N–H and O–H groups in total. The number of carbonyl (C=O) groups excluding carboxylic acids is 2. The third-order valence-electron chi connectivity index (χ3n) is 5.15. The van der Waals surface area contributed by atoms with Crippen molar-refractivity contribution in [3.63, 3.8) is 0 Å². The van der Waals surface area contributed by atoms with Crippen LogP contribution in [0.3, 0.4) is 0 Å². The number of anilines is 1. The van der Waals surface area contributed by atoms with Crippen LogP contribution in [0.4, 0.5) is 10.1 Å². The quantitative estimate of drug-likeness (QED) is 0.519. The van der Waals surface area contributed by atoms with Crippen LogP contribution in [0.25, 0.3) is 0 Å². The molecule has 0 aromatic heterocycles. The summed E-state index contributed by atoms with van der Waals surface area (Å²) in [5.41, 5.74) is 0.806. The Morgan fingerprint density at radius 1 is 1.06 bits per heavy atom. The van der Waals surface area contributed by atoms with Crippen LogP contribution in [-0.2, 0) is 26.2 Å². The second-order valence-electron chi connectivity index (χ2n) is 8.40. The van der Waals surface area contributed by atoms with Crippen LogP contribution in [0.15, 0.2) is 48.5 Å². The fourth-order valence-electron chi connectivity index (χ4n) is 3.25. The molecule has 1 atom stereocenters. The SMILES string of the molecule is COc1ccccc1N(CC(=O)N(Cc1ccc(F)cc1)C(C)C(=O)NCC(C)C)S(C)(=O)=O. The molecule has 0 bridgehead atoms. The van der Waals surface area contributed by atoms with Gasteiger partial charge < -0.3 is 15.0 Å². The normalized spacial score (nSPS) is 12.2. The Kier molecular flexibility index (Phi) is 9.43. The Morgan fingerprint density at radius 2 is 1.68 bits per heavy atom. The number of halogens is 1. The first-order valence-corrected chi connectivity index (χ1v) is 12.7. The summed E-state index contributed by atoms with van der Waals surface area (Å²) in [6.07, 6.45) is 0.996. The first kappa shape index (κ1) is 27.1. The molecule has 0 aliphatic rings. The van der Waals surface area contributed by atoms with E-state index in [1.54, 1.807) is 25.1 Å². The third-order valence-corrected chi connectivity index (χ3v) is 6.28. The Balaban J connectivity index is 2.39. The number of ether oxygens (including phenoxy) is 1. The van der Waals surface area contributed by atoms with E-state index in [-0.39, 0.29) is 29.8 Å². The van der Waals surface area contributed by atoms with Crippen LogP contribution >= 0.6 is 0 Å². The maximum Gasteiger partial charge on any atom is 0.244 e. The van der Waals surface area contributed by atoms with Gasteiger partial charge in [-0.3, -0.25) is 13.9 Å². The molecule has 2 aromatic rings. The van der Waals surface area contributed by atoms with E-state index < -0.39 is 34.3 Å². The molecule has 1 unspecified atom stereocenters. The van der Waals surface area contributed by atoms with Crippen molar-refractivity contribution in [3.8, 4) is 5.75 Å². The van der Waals surface area contributed by atoms with Gasteiger partial charge >= 0.3 is 0 Å². The van der Waals surface area contributed by atoms with E-state index >= 15 is 0 Å². The van der Waals surface area contributed by atoms with Gasteiger partial charge in [0.1, 0.15) is 24.2 Å². The zero-order valence-corrected chi connectivity index (χ0v) is 20.9. The molecule has 0 saturated carbocycles. The van der Waals surface area contributed by atoms with Crippen molar-refractivity contribution in [2.24, 2.45) is 5.92 Å². The largest absolute Gasteiger partial charge is 0.495 e. The zero-order valence-electron chi connectivity index (χ0n) is 20.1. The van der Waals surface area contributed by atoms with Crippen LogP contribution < -0.4 is 14.4 Å². The van der Waals surface area contributed by atoms with Gasteiger partial charge in [0, 0.05) is 13.1 Å². The number of nitrogens with one attached hydrogen (secondary N) is 1. The average molecular weight is 494 g/mol. The number of rotatable bonds is 11. The molecule has 2 aromatic carbocycles. The molecule has 0 aliphatic carbocycles. The smallest absolute Gasteiger partial charge is 0.244 e. The van der Waals surface area contributed by atoms with E-state index in [9.17, 15) is 22.4 Å². The number of nitrogens with zero attached hydrogens (tertiary/aromatic N) is 2. The van der Waals surface area contributed by atoms with Gasteiger partial charge in [0.15, 0.2) is 0 Å². The molecule has 0 spiro atoms. The molecule has 34 heavy (non-hydrogen) atoms. The summed E-state index contributed by atoms with van der Waals surface area (Å²) in [6, 6.07) is 11.1. The fourth-order valence-corrected chi connectivity index (χ4v) is 4.11. The highest BCUT2D eigenvalue weighted by Gasteiger charge is 2.31. The van der Waals surface area contributed by atoms with E-state index in [2.05, 4.69) is 5.32 Å². The second-order valence-corrected chi connectivity index (χ2v) is 10.3. The van der Waals surface area contributed by atoms with E-state index in [0.717, 1.165) is 10.6 Å². The standard InChI is InChI=1S/C24H32FN3O5S/c1-17(2)14-26-24(30)18(3)27(15-19-10-12-20(25)13-11-19)23(29)16-28(34(5,31)32)21-8-6-7-9-22(21)33-4/h6-13,17-18H,14-16H2,1-5H3,(H,26,30). The maximum absolute atomic E-state index is 13.5. The summed E-state index contributed by atoms with van der Waals surface area (Å²) in [7, 11) is -2.46. The first-order chi connectivity index (χ1) is 15.9. The highest BCUT2D eigenvalue weighted by molar-refractivity contribution is 7.92. The van der Waals surface area contributed by atoms with Gasteiger partial charge in [-0.1, -0.05) is 38.1 Å².